The fraction of sp³-hybridized carbons (Fsp3) is 0.700. The van der Waals surface area contributed by atoms with Gasteiger partial charge in [-0.2, -0.15) is 8.78 Å². The molecule has 0 N–H and O–H groups in total. The molecular formula is C10H14F2O2. The van der Waals surface area contributed by atoms with Crippen LogP contribution < -0.4 is 0 Å². The Bertz CT molecular complexity index is 236. The summed E-state index contributed by atoms with van der Waals surface area (Å²) >= 11 is 0. The van der Waals surface area contributed by atoms with Gasteiger partial charge < -0.3 is 4.74 Å². The van der Waals surface area contributed by atoms with Gasteiger partial charge in [-0.3, -0.25) is 0 Å². The van der Waals surface area contributed by atoms with Crippen LogP contribution in [0.25, 0.3) is 0 Å². The maximum Gasteiger partial charge on any atom is 0.377 e. The number of alkyl halides is 2. The van der Waals surface area contributed by atoms with Crippen molar-refractivity contribution in [2.24, 2.45) is 5.92 Å². The number of esters is 1. The molecule has 0 aromatic heterocycles. The number of hydrogen-bond donors (Lipinski definition) is 0. The molecule has 0 heterocycles. The van der Waals surface area contributed by atoms with Crippen LogP contribution in [0.5, 0.6) is 0 Å². The zero-order chi connectivity index (χ0) is 10.6. The quantitative estimate of drug-likeness (QED) is 0.521. The summed E-state index contributed by atoms with van der Waals surface area (Å²) in [6, 6.07) is 0. The molecular weight excluding hydrogens is 190 g/mol. The molecule has 0 fully saturated rings. The molecule has 1 aliphatic rings. The molecule has 0 aliphatic heterocycles. The Morgan fingerprint density at radius 3 is 2.86 bits per heavy atom. The third-order valence-corrected chi connectivity index (χ3v) is 2.27. The number of carbonyl (C=O) groups is 1. The molecule has 4 heteroatoms. The number of hydrogen-bond acceptors (Lipinski definition) is 2. The van der Waals surface area contributed by atoms with Crippen LogP contribution in [0, 0.1) is 5.92 Å². The molecule has 0 amide bonds. The van der Waals surface area contributed by atoms with Crippen LogP contribution in [0.15, 0.2) is 12.2 Å². The third kappa shape index (κ3) is 2.30. The van der Waals surface area contributed by atoms with Crippen molar-refractivity contribution >= 4 is 5.97 Å². The van der Waals surface area contributed by atoms with Crippen LogP contribution in [0.1, 0.15) is 26.2 Å². The average Bonchev–Trinajstić information content (AvgIpc) is 2.19. The highest BCUT2D eigenvalue weighted by Gasteiger charge is 2.47. The van der Waals surface area contributed by atoms with Crippen LogP contribution in [-0.2, 0) is 9.53 Å². The lowest BCUT2D eigenvalue weighted by Gasteiger charge is -2.24. The first-order valence-corrected chi connectivity index (χ1v) is 4.80. The fourth-order valence-electron chi connectivity index (χ4n) is 1.49. The van der Waals surface area contributed by atoms with Gasteiger partial charge in [-0.25, -0.2) is 4.79 Å². The smallest absolute Gasteiger partial charge is 0.377 e. The summed E-state index contributed by atoms with van der Waals surface area (Å²) in [6.45, 7) is 1.51. The zero-order valence-corrected chi connectivity index (χ0v) is 8.13. The van der Waals surface area contributed by atoms with Crippen LogP contribution in [0.3, 0.4) is 0 Å². The van der Waals surface area contributed by atoms with Gasteiger partial charge >= 0.3 is 11.9 Å². The monoisotopic (exact) mass is 204 g/mol. The second-order valence-corrected chi connectivity index (χ2v) is 3.31. The minimum absolute atomic E-state index is 0.00907. The summed E-state index contributed by atoms with van der Waals surface area (Å²) < 4.78 is 31.1. The Labute approximate surface area is 81.9 Å². The molecule has 1 rings (SSSR count). The van der Waals surface area contributed by atoms with Gasteiger partial charge in [0, 0.05) is 0 Å². The van der Waals surface area contributed by atoms with Crippen LogP contribution in [0.4, 0.5) is 8.78 Å². The second kappa shape index (κ2) is 4.53. The van der Waals surface area contributed by atoms with Crippen molar-refractivity contribution in [1.82, 2.24) is 0 Å². The molecule has 0 aromatic rings. The van der Waals surface area contributed by atoms with Gasteiger partial charge in [-0.1, -0.05) is 12.2 Å². The molecule has 0 spiro atoms. The van der Waals surface area contributed by atoms with Gasteiger partial charge in [0.1, 0.15) is 0 Å². The minimum Gasteiger partial charge on any atom is -0.462 e. The van der Waals surface area contributed by atoms with E-state index in [9.17, 15) is 13.6 Å². The molecule has 1 atom stereocenters. The Morgan fingerprint density at radius 2 is 2.36 bits per heavy atom. The van der Waals surface area contributed by atoms with Crippen molar-refractivity contribution in [3.05, 3.63) is 12.2 Å². The molecule has 80 valence electrons. The van der Waals surface area contributed by atoms with E-state index in [0.717, 1.165) is 6.42 Å². The van der Waals surface area contributed by atoms with Crippen molar-refractivity contribution in [3.8, 4) is 0 Å². The van der Waals surface area contributed by atoms with E-state index in [0.29, 0.717) is 12.8 Å². The lowest BCUT2D eigenvalue weighted by Crippen LogP contribution is -2.38. The first-order chi connectivity index (χ1) is 6.59. The summed E-state index contributed by atoms with van der Waals surface area (Å²) in [6.07, 6.45) is 4.98. The van der Waals surface area contributed by atoms with Crippen molar-refractivity contribution in [2.45, 2.75) is 32.1 Å². The van der Waals surface area contributed by atoms with Crippen molar-refractivity contribution in [2.75, 3.05) is 6.61 Å². The van der Waals surface area contributed by atoms with E-state index in [1.54, 1.807) is 6.08 Å². The van der Waals surface area contributed by atoms with E-state index in [4.69, 9.17) is 0 Å². The average molecular weight is 204 g/mol. The maximum atomic E-state index is 13.4. The van der Waals surface area contributed by atoms with E-state index in [-0.39, 0.29) is 6.61 Å². The Balaban J connectivity index is 2.67. The normalized spacial score (nSPS) is 22.1. The second-order valence-electron chi connectivity index (χ2n) is 3.31. The summed E-state index contributed by atoms with van der Waals surface area (Å²) in [5.74, 6) is -5.76. The molecule has 0 saturated carbocycles. The lowest BCUT2D eigenvalue weighted by atomic mass is 9.90. The minimum atomic E-state index is -3.37. The summed E-state index contributed by atoms with van der Waals surface area (Å²) in [5.41, 5.74) is 0. The molecule has 1 aliphatic carbocycles. The highest BCUT2D eigenvalue weighted by Crippen LogP contribution is 2.33. The first kappa shape index (κ1) is 11.1. The Morgan fingerprint density at radius 1 is 1.64 bits per heavy atom. The van der Waals surface area contributed by atoms with E-state index in [1.807, 2.05) is 0 Å². The molecule has 2 nitrogen and oxygen atoms in total. The molecule has 14 heavy (non-hydrogen) atoms. The number of rotatable bonds is 3. The maximum absolute atomic E-state index is 13.4. The standard InChI is InChI=1S/C10H14F2O2/c1-2-14-9(13)10(11,12)8-6-4-3-5-7-8/h4,6,8H,2-3,5,7H2,1H3. The Hall–Kier alpha value is -0.930. The van der Waals surface area contributed by atoms with E-state index in [2.05, 4.69) is 4.74 Å². The van der Waals surface area contributed by atoms with Crippen LogP contribution >= 0.6 is 0 Å². The predicted molar refractivity (Wildman–Crippen MR) is 48.1 cm³/mol. The topological polar surface area (TPSA) is 26.3 Å². The van der Waals surface area contributed by atoms with Gasteiger partial charge in [0.15, 0.2) is 0 Å². The number of ether oxygens (including phenoxy) is 1. The van der Waals surface area contributed by atoms with Gasteiger partial charge in [-0.15, -0.1) is 0 Å². The van der Waals surface area contributed by atoms with Gasteiger partial charge in [0.2, 0.25) is 0 Å². The lowest BCUT2D eigenvalue weighted by molar-refractivity contribution is -0.177. The molecule has 0 radical (unpaired) electrons. The first-order valence-electron chi connectivity index (χ1n) is 4.80. The summed E-state index contributed by atoms with van der Waals surface area (Å²) in [5, 5.41) is 0. The van der Waals surface area contributed by atoms with Crippen molar-refractivity contribution in [1.29, 1.82) is 0 Å². The van der Waals surface area contributed by atoms with Crippen LogP contribution in [-0.4, -0.2) is 18.5 Å². The van der Waals surface area contributed by atoms with Crippen molar-refractivity contribution in [3.63, 3.8) is 0 Å². The highest BCUT2D eigenvalue weighted by molar-refractivity contribution is 5.78. The largest absolute Gasteiger partial charge is 0.462 e. The number of halogens is 2. The van der Waals surface area contributed by atoms with E-state index >= 15 is 0 Å². The highest BCUT2D eigenvalue weighted by atomic mass is 19.3. The Kier molecular flexibility index (Phi) is 3.61. The van der Waals surface area contributed by atoms with Crippen molar-refractivity contribution < 1.29 is 18.3 Å². The summed E-state index contributed by atoms with van der Waals surface area (Å²) in [7, 11) is 0. The number of allylic oxidation sites excluding steroid dienone is 2. The number of carbonyl (C=O) groups excluding carboxylic acids is 1. The molecule has 1 unspecified atom stereocenters. The van der Waals surface area contributed by atoms with E-state index in [1.165, 1.54) is 13.0 Å². The molecule has 0 bridgehead atoms. The molecule has 0 saturated heterocycles. The van der Waals surface area contributed by atoms with Gasteiger partial charge in [0.25, 0.3) is 0 Å². The van der Waals surface area contributed by atoms with Gasteiger partial charge in [-0.05, 0) is 26.2 Å². The van der Waals surface area contributed by atoms with Gasteiger partial charge in [0.05, 0.1) is 12.5 Å². The fourth-order valence-corrected chi connectivity index (χ4v) is 1.49. The summed E-state index contributed by atoms with van der Waals surface area (Å²) in [4.78, 5) is 11.0. The third-order valence-electron chi connectivity index (χ3n) is 2.27. The predicted octanol–water partition coefficient (Wildman–Crippen LogP) is 2.54. The van der Waals surface area contributed by atoms with E-state index < -0.39 is 17.8 Å². The molecule has 0 aromatic carbocycles. The zero-order valence-electron chi connectivity index (χ0n) is 8.13. The SMILES string of the molecule is CCOC(=O)C(F)(F)C1C=CCCC1. The van der Waals surface area contributed by atoms with Crippen LogP contribution in [0.2, 0.25) is 0 Å².